The Hall–Kier alpha value is -5.13. The van der Waals surface area contributed by atoms with Crippen molar-refractivity contribution in [2.75, 3.05) is 33.7 Å². The molecule has 0 amide bonds. The Morgan fingerprint density at radius 3 is 2.39 bits per heavy atom. The van der Waals surface area contributed by atoms with Crippen molar-refractivity contribution in [1.29, 1.82) is 0 Å². The third-order valence-corrected chi connectivity index (χ3v) is 9.47. The number of methoxy groups -OCH3 is 1. The number of hydrogen-bond donors (Lipinski definition) is 2. The molecular weight excluding hydrogens is 636 g/mol. The van der Waals surface area contributed by atoms with E-state index in [4.69, 9.17) is 33.2 Å². The van der Waals surface area contributed by atoms with Crippen molar-refractivity contribution in [2.24, 2.45) is 5.92 Å². The fourth-order valence-corrected chi connectivity index (χ4v) is 7.30. The van der Waals surface area contributed by atoms with Crippen LogP contribution in [-0.4, -0.2) is 68.1 Å². The van der Waals surface area contributed by atoms with E-state index in [1.54, 1.807) is 48.5 Å². The van der Waals surface area contributed by atoms with Gasteiger partial charge in [-0.3, -0.25) is 4.79 Å². The number of carbonyl (C=O) groups excluding carboxylic acids is 1. The lowest BCUT2D eigenvalue weighted by molar-refractivity contribution is -0.145. The summed E-state index contributed by atoms with van der Waals surface area (Å²) in [5.74, 6) is -2.62. The van der Waals surface area contributed by atoms with Crippen molar-refractivity contribution in [3.8, 4) is 28.7 Å². The number of benzene rings is 3. The normalized spacial score (nSPS) is 21.0. The van der Waals surface area contributed by atoms with Crippen LogP contribution < -0.4 is 23.7 Å². The summed E-state index contributed by atoms with van der Waals surface area (Å²) in [5, 5.41) is 20.7. The first-order valence-corrected chi connectivity index (χ1v) is 16.5. The van der Waals surface area contributed by atoms with Gasteiger partial charge in [-0.05, 0) is 79.1 Å². The van der Waals surface area contributed by atoms with Crippen LogP contribution in [0.1, 0.15) is 73.6 Å². The maximum atomic E-state index is 13.8. The van der Waals surface area contributed by atoms with E-state index in [1.165, 1.54) is 13.2 Å². The molecule has 12 heteroatoms. The van der Waals surface area contributed by atoms with Crippen LogP contribution in [0, 0.1) is 5.92 Å². The molecule has 1 aliphatic heterocycles. The largest absolute Gasteiger partial charge is 0.508 e. The molecule has 12 nitrogen and oxygen atoms in total. The Bertz CT molecular complexity index is 1700. The van der Waals surface area contributed by atoms with Crippen molar-refractivity contribution >= 4 is 18.1 Å². The highest BCUT2D eigenvalue weighted by atomic mass is 16.7. The summed E-state index contributed by atoms with van der Waals surface area (Å²) in [4.78, 5) is 38.6. The summed E-state index contributed by atoms with van der Waals surface area (Å²) in [6.45, 7) is 1.38. The summed E-state index contributed by atoms with van der Waals surface area (Å²) >= 11 is 0. The van der Waals surface area contributed by atoms with E-state index in [9.17, 15) is 24.6 Å². The van der Waals surface area contributed by atoms with Crippen LogP contribution in [0.2, 0.25) is 0 Å². The molecule has 3 aliphatic rings. The second kappa shape index (κ2) is 14.6. The van der Waals surface area contributed by atoms with Crippen molar-refractivity contribution < 1.29 is 57.8 Å². The van der Waals surface area contributed by atoms with Crippen LogP contribution in [0.25, 0.3) is 0 Å². The first-order chi connectivity index (χ1) is 23.7. The molecule has 3 atom stereocenters. The molecule has 3 aromatic rings. The maximum Gasteiger partial charge on any atom is 0.508 e. The van der Waals surface area contributed by atoms with Gasteiger partial charge in [0.05, 0.1) is 25.0 Å². The zero-order valence-electron chi connectivity index (χ0n) is 27.5. The molecule has 3 aromatic carbocycles. The smallest absolute Gasteiger partial charge is 0.497 e. The Labute approximate surface area is 283 Å². The molecule has 0 radical (unpaired) electrons. The van der Waals surface area contributed by atoms with Gasteiger partial charge in [0.25, 0.3) is 0 Å². The molecule has 6 rings (SSSR count). The highest BCUT2D eigenvalue weighted by Gasteiger charge is 2.59. The van der Waals surface area contributed by atoms with E-state index in [0.717, 1.165) is 38.5 Å². The zero-order chi connectivity index (χ0) is 34.5. The Balaban J connectivity index is 1.54. The van der Waals surface area contributed by atoms with Gasteiger partial charge in [-0.25, -0.2) is 9.59 Å². The minimum absolute atomic E-state index is 0.00578. The van der Waals surface area contributed by atoms with Gasteiger partial charge in [-0.1, -0.05) is 31.5 Å². The molecule has 0 aromatic heterocycles. The van der Waals surface area contributed by atoms with E-state index in [2.05, 4.69) is 0 Å². The van der Waals surface area contributed by atoms with E-state index in [-0.39, 0.29) is 25.3 Å². The first kappa shape index (κ1) is 33.8. The van der Waals surface area contributed by atoms with Crippen LogP contribution in [0.4, 0.5) is 4.79 Å². The number of hydrogen-bond acceptors (Lipinski definition) is 10. The molecule has 1 fully saturated rings. The highest BCUT2D eigenvalue weighted by Crippen LogP contribution is 2.59. The summed E-state index contributed by atoms with van der Waals surface area (Å²) in [6, 6.07) is 15.4. The molecule has 3 unspecified atom stereocenters. The number of rotatable bonds is 13. The number of carboxylic acids is 2. The van der Waals surface area contributed by atoms with Crippen LogP contribution in [-0.2, 0) is 24.5 Å². The number of aliphatic carboxylic acids is 2. The highest BCUT2D eigenvalue weighted by molar-refractivity contribution is 5.81. The van der Waals surface area contributed by atoms with Crippen molar-refractivity contribution in [1.82, 2.24) is 0 Å². The van der Waals surface area contributed by atoms with Gasteiger partial charge in [0.1, 0.15) is 30.0 Å². The summed E-state index contributed by atoms with van der Waals surface area (Å²) in [7, 11) is 1.46. The quantitative estimate of drug-likeness (QED) is 0.195. The number of ether oxygens (including phenoxy) is 7. The number of carboxylic acid groups (broad SMARTS) is 2. The lowest BCUT2D eigenvalue weighted by Gasteiger charge is -2.36. The van der Waals surface area contributed by atoms with E-state index >= 15 is 0 Å². The predicted octanol–water partition coefficient (Wildman–Crippen LogP) is 6.29. The average Bonchev–Trinajstić information content (AvgIpc) is 3.69. The van der Waals surface area contributed by atoms with Gasteiger partial charge in [0.15, 0.2) is 18.1 Å². The third-order valence-electron chi connectivity index (χ3n) is 9.47. The van der Waals surface area contributed by atoms with Crippen molar-refractivity contribution in [3.05, 3.63) is 76.9 Å². The molecule has 0 saturated heterocycles. The molecule has 2 N–H and O–H groups in total. The minimum atomic E-state index is -1.48. The lowest BCUT2D eigenvalue weighted by atomic mass is 9.67. The van der Waals surface area contributed by atoms with Gasteiger partial charge in [-0.15, -0.1) is 0 Å². The topological polar surface area (TPSA) is 156 Å². The Morgan fingerprint density at radius 2 is 1.65 bits per heavy atom. The van der Waals surface area contributed by atoms with Crippen LogP contribution >= 0.6 is 0 Å². The Morgan fingerprint density at radius 1 is 0.878 bits per heavy atom. The predicted molar refractivity (Wildman–Crippen MR) is 174 cm³/mol. The summed E-state index contributed by atoms with van der Waals surface area (Å²) in [5.41, 5.74) is 0.621. The van der Waals surface area contributed by atoms with Crippen LogP contribution in [0.15, 0.2) is 54.6 Å². The van der Waals surface area contributed by atoms with Gasteiger partial charge < -0.3 is 43.4 Å². The van der Waals surface area contributed by atoms with E-state index < -0.39 is 42.0 Å². The fourth-order valence-electron chi connectivity index (χ4n) is 7.30. The average molecular weight is 677 g/mol. The third kappa shape index (κ3) is 6.77. The molecular formula is C37H40O12. The SMILES string of the molecule is CCCOc1ccc2c(c1)C(c1ccc(OC)cc1OCC(=O)O)C(C(=O)O)C2(COC(=O)OC1CCCCC1)c1ccc2c(c1)OCO2. The lowest BCUT2D eigenvalue weighted by Crippen LogP contribution is -2.44. The Kier molecular flexibility index (Phi) is 10.0. The summed E-state index contributed by atoms with van der Waals surface area (Å²) < 4.78 is 40.1. The van der Waals surface area contributed by atoms with E-state index in [1.807, 2.05) is 6.92 Å². The van der Waals surface area contributed by atoms with Crippen LogP contribution in [0.3, 0.4) is 0 Å². The molecule has 49 heavy (non-hydrogen) atoms. The van der Waals surface area contributed by atoms with Crippen LogP contribution in [0.5, 0.6) is 28.7 Å². The maximum absolute atomic E-state index is 13.8. The standard InChI is InChI=1S/C37H40O12/c1-3-15-44-25-11-13-28-27(17-25)33(26-12-10-24(43-2)18-30(26)45-19-32(38)39)34(35(40)41)37(28,22-9-14-29-31(16-22)48-21-47-29)20-46-36(42)49-23-7-5-4-6-8-23/h9-14,16-18,23,33-34H,3-8,15,19-21H2,1-2H3,(H,38,39)(H,40,41). The second-order valence-electron chi connectivity index (χ2n) is 12.4. The molecule has 1 saturated carbocycles. The zero-order valence-corrected chi connectivity index (χ0v) is 27.5. The molecule has 0 bridgehead atoms. The van der Waals surface area contributed by atoms with Gasteiger partial charge in [-0.2, -0.15) is 0 Å². The van der Waals surface area contributed by atoms with Gasteiger partial charge in [0.2, 0.25) is 6.79 Å². The number of fused-ring (bicyclic) bond motifs is 2. The van der Waals surface area contributed by atoms with Crippen molar-refractivity contribution in [3.63, 3.8) is 0 Å². The monoisotopic (exact) mass is 676 g/mol. The minimum Gasteiger partial charge on any atom is -0.497 e. The van der Waals surface area contributed by atoms with Gasteiger partial charge in [0, 0.05) is 17.5 Å². The fraction of sp³-hybridized carbons (Fsp3) is 0.432. The molecule has 0 spiro atoms. The molecule has 2 aliphatic carbocycles. The van der Waals surface area contributed by atoms with Gasteiger partial charge >= 0.3 is 18.1 Å². The molecule has 1 heterocycles. The number of carbonyl (C=O) groups is 3. The van der Waals surface area contributed by atoms with E-state index in [0.29, 0.717) is 51.9 Å². The summed E-state index contributed by atoms with van der Waals surface area (Å²) in [6.07, 6.45) is 4.06. The second-order valence-corrected chi connectivity index (χ2v) is 12.4. The van der Waals surface area contributed by atoms with Crippen molar-refractivity contribution in [2.45, 2.75) is 62.9 Å². The first-order valence-electron chi connectivity index (χ1n) is 16.5. The molecule has 260 valence electrons.